The predicted octanol–water partition coefficient (Wildman–Crippen LogP) is 3.25. The average molecular weight is 311 g/mol. The molecule has 0 unspecified atom stereocenters. The van der Waals surface area contributed by atoms with Crippen LogP contribution >= 0.6 is 11.3 Å². The van der Waals surface area contributed by atoms with Crippen LogP contribution in [-0.2, 0) is 0 Å². The minimum Gasteiger partial charge on any atom is -0.486 e. The summed E-state index contributed by atoms with van der Waals surface area (Å²) in [7, 11) is 0. The van der Waals surface area contributed by atoms with Crippen molar-refractivity contribution in [3.8, 4) is 5.75 Å². The Morgan fingerprint density at radius 3 is 2.81 bits per heavy atom. The lowest BCUT2D eigenvalue weighted by atomic mass is 10.3. The van der Waals surface area contributed by atoms with Crippen molar-refractivity contribution in [1.29, 1.82) is 0 Å². The van der Waals surface area contributed by atoms with Crippen molar-refractivity contribution in [3.05, 3.63) is 17.5 Å². The first kappa shape index (κ1) is 17.4. The molecule has 6 heteroatoms. The highest BCUT2D eigenvalue weighted by Crippen LogP contribution is 2.43. The summed E-state index contributed by atoms with van der Waals surface area (Å²) in [4.78, 5) is 12.6. The molecule has 0 radical (unpaired) electrons. The molecule has 5 nitrogen and oxygen atoms in total. The van der Waals surface area contributed by atoms with Gasteiger partial charge in [-0.05, 0) is 20.3 Å². The molecule has 0 aliphatic heterocycles. The largest absolute Gasteiger partial charge is 0.486 e. The van der Waals surface area contributed by atoms with E-state index < -0.39 is 0 Å². The van der Waals surface area contributed by atoms with Crippen LogP contribution in [0.5, 0.6) is 5.75 Å². The molecular weight excluding hydrogens is 286 g/mol. The molecular formula is C15H25N3O2S. The monoisotopic (exact) mass is 311 g/mol. The number of anilines is 2. The summed E-state index contributed by atoms with van der Waals surface area (Å²) < 4.78 is 5.76. The van der Waals surface area contributed by atoms with Gasteiger partial charge < -0.3 is 21.1 Å². The van der Waals surface area contributed by atoms with Crippen LogP contribution < -0.4 is 21.1 Å². The van der Waals surface area contributed by atoms with E-state index in [4.69, 9.17) is 10.5 Å². The van der Waals surface area contributed by atoms with Gasteiger partial charge in [0.1, 0.15) is 15.6 Å². The van der Waals surface area contributed by atoms with E-state index in [0.29, 0.717) is 22.9 Å². The number of rotatable bonds is 9. The van der Waals surface area contributed by atoms with Gasteiger partial charge in [-0.2, -0.15) is 0 Å². The second kappa shape index (κ2) is 8.56. The second-order valence-electron chi connectivity index (χ2n) is 4.95. The Morgan fingerprint density at radius 2 is 2.24 bits per heavy atom. The third-order valence-electron chi connectivity index (χ3n) is 2.68. The van der Waals surface area contributed by atoms with Crippen LogP contribution in [0.25, 0.3) is 0 Å². The number of carbonyl (C=O) groups excluding carboxylic acids is 1. The number of nitrogen functional groups attached to an aromatic ring is 1. The maximum absolute atomic E-state index is 12.1. The molecule has 0 aliphatic carbocycles. The Bertz CT molecular complexity index is 484. The number of amides is 1. The quantitative estimate of drug-likeness (QED) is 0.483. The minimum absolute atomic E-state index is 0.00212. The molecule has 1 heterocycles. The maximum atomic E-state index is 12.1. The van der Waals surface area contributed by atoms with Crippen LogP contribution in [0.3, 0.4) is 0 Å². The number of unbranched alkanes of at least 4 members (excludes halogenated alkanes) is 1. The highest BCUT2D eigenvalue weighted by molar-refractivity contribution is 7.19. The molecule has 0 spiro atoms. The molecule has 0 aromatic carbocycles. The van der Waals surface area contributed by atoms with Crippen molar-refractivity contribution in [1.82, 2.24) is 5.32 Å². The minimum atomic E-state index is -0.199. The molecule has 1 aromatic heterocycles. The molecule has 0 aliphatic rings. The lowest BCUT2D eigenvalue weighted by Crippen LogP contribution is -2.23. The SMILES string of the molecule is C=CCNC(=O)c1sc(NCCCC)c(OC(C)C)c1N. The van der Waals surface area contributed by atoms with Crippen LogP contribution in [0.15, 0.2) is 12.7 Å². The van der Waals surface area contributed by atoms with E-state index in [2.05, 4.69) is 24.1 Å². The summed E-state index contributed by atoms with van der Waals surface area (Å²) in [5, 5.41) is 6.86. The van der Waals surface area contributed by atoms with Crippen molar-refractivity contribution in [2.24, 2.45) is 0 Å². The number of carbonyl (C=O) groups is 1. The lowest BCUT2D eigenvalue weighted by molar-refractivity contribution is 0.0962. The van der Waals surface area contributed by atoms with Gasteiger partial charge >= 0.3 is 0 Å². The first-order valence-corrected chi connectivity index (χ1v) is 8.04. The molecule has 0 fully saturated rings. The van der Waals surface area contributed by atoms with E-state index >= 15 is 0 Å². The topological polar surface area (TPSA) is 76.4 Å². The predicted molar refractivity (Wildman–Crippen MR) is 90.4 cm³/mol. The van der Waals surface area contributed by atoms with E-state index in [0.717, 1.165) is 24.4 Å². The van der Waals surface area contributed by atoms with E-state index in [9.17, 15) is 4.79 Å². The molecule has 0 atom stereocenters. The van der Waals surface area contributed by atoms with E-state index in [1.165, 1.54) is 11.3 Å². The fourth-order valence-corrected chi connectivity index (χ4v) is 2.69. The van der Waals surface area contributed by atoms with Gasteiger partial charge in [0.05, 0.1) is 6.10 Å². The highest BCUT2D eigenvalue weighted by Gasteiger charge is 2.22. The van der Waals surface area contributed by atoms with E-state index in [-0.39, 0.29) is 12.0 Å². The normalized spacial score (nSPS) is 10.5. The fourth-order valence-electron chi connectivity index (χ4n) is 1.69. The zero-order valence-corrected chi connectivity index (χ0v) is 13.8. The Hall–Kier alpha value is -1.69. The van der Waals surface area contributed by atoms with Gasteiger partial charge in [0, 0.05) is 13.1 Å². The van der Waals surface area contributed by atoms with Crippen LogP contribution in [-0.4, -0.2) is 25.1 Å². The molecule has 1 aromatic rings. The Balaban J connectivity index is 2.98. The third-order valence-corrected chi connectivity index (χ3v) is 3.83. The van der Waals surface area contributed by atoms with Gasteiger partial charge in [0.25, 0.3) is 5.91 Å². The number of nitrogens with two attached hydrogens (primary N) is 1. The molecule has 0 saturated carbocycles. The van der Waals surface area contributed by atoms with Crippen LogP contribution in [0.1, 0.15) is 43.3 Å². The number of hydrogen-bond donors (Lipinski definition) is 3. The Kier molecular flexibility index (Phi) is 7.08. The smallest absolute Gasteiger partial charge is 0.263 e. The van der Waals surface area contributed by atoms with Crippen LogP contribution in [0.2, 0.25) is 0 Å². The summed E-state index contributed by atoms with van der Waals surface area (Å²) in [5.74, 6) is 0.379. The maximum Gasteiger partial charge on any atom is 0.263 e. The van der Waals surface area contributed by atoms with Crippen LogP contribution in [0.4, 0.5) is 10.7 Å². The molecule has 0 saturated heterocycles. The molecule has 4 N–H and O–H groups in total. The fraction of sp³-hybridized carbons (Fsp3) is 0.533. The standard InChI is InChI=1S/C15H25N3O2S/c1-5-7-9-18-15-12(20-10(3)4)11(16)13(21-15)14(19)17-8-6-2/h6,10,18H,2,5,7-9,16H2,1,3-4H3,(H,17,19). The van der Waals surface area contributed by atoms with Gasteiger partial charge in [-0.15, -0.1) is 17.9 Å². The zero-order valence-electron chi connectivity index (χ0n) is 13.0. The number of ether oxygens (including phenoxy) is 1. The zero-order chi connectivity index (χ0) is 15.8. The highest BCUT2D eigenvalue weighted by atomic mass is 32.1. The summed E-state index contributed by atoms with van der Waals surface area (Å²) in [6, 6.07) is 0. The van der Waals surface area contributed by atoms with E-state index in [1.807, 2.05) is 13.8 Å². The van der Waals surface area contributed by atoms with Gasteiger partial charge in [0.2, 0.25) is 0 Å². The first-order valence-electron chi connectivity index (χ1n) is 7.23. The first-order chi connectivity index (χ1) is 10.0. The van der Waals surface area contributed by atoms with Gasteiger partial charge in [-0.1, -0.05) is 19.4 Å². The second-order valence-corrected chi connectivity index (χ2v) is 5.97. The molecule has 0 bridgehead atoms. The Labute approximate surface area is 130 Å². The summed E-state index contributed by atoms with van der Waals surface area (Å²) in [6.07, 6.45) is 3.78. The van der Waals surface area contributed by atoms with Crippen molar-refractivity contribution in [3.63, 3.8) is 0 Å². The van der Waals surface area contributed by atoms with Crippen LogP contribution in [0, 0.1) is 0 Å². The third kappa shape index (κ3) is 4.97. The molecule has 1 rings (SSSR count). The average Bonchev–Trinajstić information content (AvgIpc) is 2.74. The van der Waals surface area contributed by atoms with E-state index in [1.54, 1.807) is 6.08 Å². The number of thiophene rings is 1. The Morgan fingerprint density at radius 1 is 1.52 bits per heavy atom. The van der Waals surface area contributed by atoms with Crippen molar-refractivity contribution in [2.45, 2.75) is 39.7 Å². The molecule has 118 valence electrons. The van der Waals surface area contributed by atoms with Gasteiger partial charge in [-0.3, -0.25) is 4.79 Å². The number of nitrogens with one attached hydrogen (secondary N) is 2. The van der Waals surface area contributed by atoms with Crippen molar-refractivity contribution >= 4 is 27.9 Å². The van der Waals surface area contributed by atoms with Crippen molar-refractivity contribution in [2.75, 3.05) is 24.1 Å². The van der Waals surface area contributed by atoms with Gasteiger partial charge in [-0.25, -0.2) is 0 Å². The molecule has 21 heavy (non-hydrogen) atoms. The lowest BCUT2D eigenvalue weighted by Gasteiger charge is -2.12. The summed E-state index contributed by atoms with van der Waals surface area (Å²) in [5.41, 5.74) is 6.49. The van der Waals surface area contributed by atoms with Crippen molar-refractivity contribution < 1.29 is 9.53 Å². The van der Waals surface area contributed by atoms with Gasteiger partial charge in [0.15, 0.2) is 5.75 Å². The number of hydrogen-bond acceptors (Lipinski definition) is 5. The summed E-state index contributed by atoms with van der Waals surface area (Å²) >= 11 is 1.33. The molecule has 1 amide bonds. The summed E-state index contributed by atoms with van der Waals surface area (Å²) in [6.45, 7) is 10.8.